The lowest BCUT2D eigenvalue weighted by Gasteiger charge is -2.02. The fourth-order valence-electron chi connectivity index (χ4n) is 3.00. The van der Waals surface area contributed by atoms with E-state index in [1.165, 1.54) is 23.5 Å². The number of hydrogen-bond donors (Lipinski definition) is 0. The Morgan fingerprint density at radius 1 is 1.19 bits per heavy atom. The molecule has 0 fully saturated rings. The molecule has 5 aromatic rings. The Morgan fingerprint density at radius 3 is 2.92 bits per heavy atom. The smallest absolute Gasteiger partial charge is 0.345 e. The van der Waals surface area contributed by atoms with Gasteiger partial charge in [0.05, 0.1) is 28.6 Å². The molecule has 0 saturated heterocycles. The highest BCUT2D eigenvalue weighted by atomic mass is 32.1. The third kappa shape index (κ3) is 2.21. The number of benzene rings is 2. The van der Waals surface area contributed by atoms with Crippen molar-refractivity contribution in [2.75, 3.05) is 7.11 Å². The molecule has 0 N–H and O–H groups in total. The van der Waals surface area contributed by atoms with E-state index in [1.807, 2.05) is 10.5 Å². The van der Waals surface area contributed by atoms with Crippen LogP contribution in [0.2, 0.25) is 0 Å². The monoisotopic (exact) mass is 366 g/mol. The Kier molecular flexibility index (Phi) is 3.14. The molecule has 128 valence electrons. The van der Waals surface area contributed by atoms with E-state index in [0.29, 0.717) is 27.6 Å². The van der Waals surface area contributed by atoms with Gasteiger partial charge in [-0.25, -0.2) is 14.2 Å². The van der Waals surface area contributed by atoms with Crippen LogP contribution in [0.25, 0.3) is 37.4 Å². The number of ether oxygens (including phenoxy) is 1. The number of rotatable bonds is 2. The lowest BCUT2D eigenvalue weighted by Crippen LogP contribution is -2.02. The third-order valence-corrected chi connectivity index (χ3v) is 5.29. The van der Waals surface area contributed by atoms with E-state index in [9.17, 15) is 9.18 Å². The molecule has 0 aliphatic rings. The molecule has 0 bridgehead atoms. The molecule has 0 unspecified atom stereocenters. The van der Waals surface area contributed by atoms with Gasteiger partial charge in [0.1, 0.15) is 17.1 Å². The second kappa shape index (κ2) is 5.40. The summed E-state index contributed by atoms with van der Waals surface area (Å²) >= 11 is 1.37. The van der Waals surface area contributed by atoms with Gasteiger partial charge in [-0.15, -0.1) is 0 Å². The molecule has 0 aliphatic carbocycles. The molecule has 7 heteroatoms. The topological polar surface area (TPSA) is 56.7 Å². The summed E-state index contributed by atoms with van der Waals surface area (Å²) in [7, 11) is 1.56. The SMILES string of the molecule is COc1ccc2cc(-c3cn4c(n3)sc3cc(F)ccc34)c(=O)oc2c1. The maximum absolute atomic E-state index is 13.4. The van der Waals surface area contributed by atoms with E-state index >= 15 is 0 Å². The second-order valence-corrected chi connectivity index (χ2v) is 6.85. The van der Waals surface area contributed by atoms with E-state index in [-0.39, 0.29) is 5.82 Å². The summed E-state index contributed by atoms with van der Waals surface area (Å²) < 4.78 is 26.6. The van der Waals surface area contributed by atoms with E-state index in [0.717, 1.165) is 15.6 Å². The standard InChI is InChI=1S/C19H11FN2O3S/c1-24-12-4-2-10-6-13(18(23)25-16(10)8-12)14-9-22-15-5-3-11(20)7-17(15)26-19(22)21-14/h2-9H,1H3. The van der Waals surface area contributed by atoms with Gasteiger partial charge in [-0.3, -0.25) is 4.40 Å². The quantitative estimate of drug-likeness (QED) is 0.433. The van der Waals surface area contributed by atoms with Crippen LogP contribution in [0.3, 0.4) is 0 Å². The first-order valence-corrected chi connectivity index (χ1v) is 8.63. The van der Waals surface area contributed by atoms with Gasteiger partial charge in [-0.1, -0.05) is 11.3 Å². The Balaban J connectivity index is 1.71. The van der Waals surface area contributed by atoms with Crippen molar-refractivity contribution in [3.8, 4) is 17.0 Å². The van der Waals surface area contributed by atoms with Crippen molar-refractivity contribution in [2.45, 2.75) is 0 Å². The zero-order chi connectivity index (χ0) is 17.8. The number of hydrogen-bond acceptors (Lipinski definition) is 5. The number of aromatic nitrogens is 2. The second-order valence-electron chi connectivity index (χ2n) is 5.84. The number of nitrogens with zero attached hydrogens (tertiary/aromatic N) is 2. The summed E-state index contributed by atoms with van der Waals surface area (Å²) in [6.45, 7) is 0. The van der Waals surface area contributed by atoms with E-state index in [1.54, 1.807) is 37.6 Å². The van der Waals surface area contributed by atoms with Crippen molar-refractivity contribution >= 4 is 37.5 Å². The van der Waals surface area contributed by atoms with E-state index in [2.05, 4.69) is 4.98 Å². The van der Waals surface area contributed by atoms with Crippen molar-refractivity contribution in [2.24, 2.45) is 0 Å². The first-order chi connectivity index (χ1) is 12.6. The van der Waals surface area contributed by atoms with Crippen molar-refractivity contribution < 1.29 is 13.5 Å². The number of fused-ring (bicyclic) bond motifs is 4. The van der Waals surface area contributed by atoms with Crippen LogP contribution in [-0.4, -0.2) is 16.5 Å². The minimum absolute atomic E-state index is 0.284. The highest BCUT2D eigenvalue weighted by Crippen LogP contribution is 2.30. The van der Waals surface area contributed by atoms with Gasteiger partial charge in [0, 0.05) is 17.6 Å². The van der Waals surface area contributed by atoms with Gasteiger partial charge in [-0.05, 0) is 36.4 Å². The Labute approximate surface area is 149 Å². The van der Waals surface area contributed by atoms with Crippen molar-refractivity contribution in [1.82, 2.24) is 9.38 Å². The van der Waals surface area contributed by atoms with E-state index in [4.69, 9.17) is 9.15 Å². The predicted octanol–water partition coefficient (Wildman–Crippen LogP) is 4.47. The zero-order valence-electron chi connectivity index (χ0n) is 13.5. The molecular formula is C19H11FN2O3S. The molecule has 0 saturated carbocycles. The maximum atomic E-state index is 13.4. The summed E-state index contributed by atoms with van der Waals surface area (Å²) in [6, 6.07) is 11.7. The van der Waals surface area contributed by atoms with Gasteiger partial charge < -0.3 is 9.15 Å². The molecule has 3 aromatic heterocycles. The molecule has 5 nitrogen and oxygen atoms in total. The van der Waals surface area contributed by atoms with Crippen LogP contribution >= 0.6 is 11.3 Å². The maximum Gasteiger partial charge on any atom is 0.345 e. The summed E-state index contributed by atoms with van der Waals surface area (Å²) in [6.07, 6.45) is 1.77. The number of methoxy groups -OCH3 is 1. The van der Waals surface area contributed by atoms with Crippen LogP contribution in [0.1, 0.15) is 0 Å². The lowest BCUT2D eigenvalue weighted by atomic mass is 10.1. The van der Waals surface area contributed by atoms with Crippen LogP contribution in [-0.2, 0) is 0 Å². The number of halogens is 1. The summed E-state index contributed by atoms with van der Waals surface area (Å²) in [5.41, 5.74) is 1.75. The first kappa shape index (κ1) is 15.1. The highest BCUT2D eigenvalue weighted by Gasteiger charge is 2.15. The van der Waals surface area contributed by atoms with Crippen LogP contribution in [0.15, 0.2) is 57.9 Å². The average molecular weight is 366 g/mol. The van der Waals surface area contributed by atoms with Crippen molar-refractivity contribution in [3.63, 3.8) is 0 Å². The minimum atomic E-state index is -0.466. The molecule has 0 amide bonds. The lowest BCUT2D eigenvalue weighted by molar-refractivity contribution is 0.414. The van der Waals surface area contributed by atoms with Crippen LogP contribution in [0.4, 0.5) is 4.39 Å². The fraction of sp³-hybridized carbons (Fsp3) is 0.0526. The van der Waals surface area contributed by atoms with Gasteiger partial charge in [-0.2, -0.15) is 0 Å². The third-order valence-electron chi connectivity index (χ3n) is 4.28. The molecule has 26 heavy (non-hydrogen) atoms. The first-order valence-electron chi connectivity index (χ1n) is 7.82. The zero-order valence-corrected chi connectivity index (χ0v) is 14.3. The van der Waals surface area contributed by atoms with Gasteiger partial charge >= 0.3 is 5.63 Å². The average Bonchev–Trinajstić information content (AvgIpc) is 3.17. The summed E-state index contributed by atoms with van der Waals surface area (Å²) in [4.78, 5) is 17.7. The van der Waals surface area contributed by atoms with Gasteiger partial charge in [0.25, 0.3) is 0 Å². The molecule has 0 spiro atoms. The largest absolute Gasteiger partial charge is 0.497 e. The van der Waals surface area contributed by atoms with Crippen molar-refractivity contribution in [3.05, 3.63) is 64.9 Å². The molecular weight excluding hydrogens is 355 g/mol. The minimum Gasteiger partial charge on any atom is -0.497 e. The molecule has 5 rings (SSSR count). The summed E-state index contributed by atoms with van der Waals surface area (Å²) in [5.74, 6) is 0.336. The molecule has 2 aromatic carbocycles. The Hall–Kier alpha value is -3.19. The normalized spacial score (nSPS) is 11.6. The van der Waals surface area contributed by atoms with E-state index < -0.39 is 5.63 Å². The molecule has 0 radical (unpaired) electrons. The molecule has 3 heterocycles. The fourth-order valence-corrected chi connectivity index (χ4v) is 4.03. The Morgan fingerprint density at radius 2 is 2.08 bits per heavy atom. The van der Waals surface area contributed by atoms with Gasteiger partial charge in [0.2, 0.25) is 0 Å². The highest BCUT2D eigenvalue weighted by molar-refractivity contribution is 7.23. The van der Waals surface area contributed by atoms with Crippen molar-refractivity contribution in [1.29, 1.82) is 0 Å². The van der Waals surface area contributed by atoms with Gasteiger partial charge in [0.15, 0.2) is 4.96 Å². The summed E-state index contributed by atoms with van der Waals surface area (Å²) in [5, 5.41) is 0.781. The van der Waals surface area contributed by atoms with Crippen LogP contribution < -0.4 is 10.4 Å². The predicted molar refractivity (Wildman–Crippen MR) is 98.6 cm³/mol. The molecule has 0 aliphatic heterocycles. The van der Waals surface area contributed by atoms with Crippen LogP contribution in [0, 0.1) is 5.82 Å². The van der Waals surface area contributed by atoms with Crippen LogP contribution in [0.5, 0.6) is 5.75 Å². The number of imidazole rings is 1. The molecule has 0 atom stereocenters. The number of thiazole rings is 1. The Bertz CT molecular complexity index is 1370.